The lowest BCUT2D eigenvalue weighted by Gasteiger charge is -2.29. The molecule has 0 saturated carbocycles. The molecule has 0 bridgehead atoms. The highest BCUT2D eigenvalue weighted by Gasteiger charge is 2.23. The lowest BCUT2D eigenvalue weighted by Crippen LogP contribution is -2.41. The molecule has 0 radical (unpaired) electrons. The lowest BCUT2D eigenvalue weighted by atomic mass is 10.2. The molecule has 1 aliphatic heterocycles. The third-order valence-electron chi connectivity index (χ3n) is 5.42. The smallest absolute Gasteiger partial charge is 0.246 e. The van der Waals surface area contributed by atoms with Gasteiger partial charge in [0.25, 0.3) is 0 Å². The number of amides is 2. The zero-order chi connectivity index (χ0) is 23.9. The van der Waals surface area contributed by atoms with Crippen LogP contribution in [-0.4, -0.2) is 45.2 Å². The van der Waals surface area contributed by atoms with Gasteiger partial charge in [-0.15, -0.1) is 11.3 Å². The van der Waals surface area contributed by atoms with Gasteiger partial charge in [0.05, 0.1) is 20.2 Å². The van der Waals surface area contributed by atoms with Gasteiger partial charge < -0.3 is 29.7 Å². The van der Waals surface area contributed by atoms with Crippen LogP contribution in [0.1, 0.15) is 11.3 Å². The normalized spacial score (nSPS) is 12.1. The number of nitrogens with zero attached hydrogens (tertiary/aromatic N) is 2. The molecule has 178 valence electrons. The summed E-state index contributed by atoms with van der Waals surface area (Å²) in [5.74, 6) is 1.45. The molecule has 8 nitrogen and oxygen atoms in total. The standard InChI is InChI=1S/C25H27N3O5S/c1-31-20-7-4-18(5-8-20)27(11-10-24(26)29)17-25(30)28(16-21-3-2-14-34-21)19-6-9-22-23(15-19)33-13-12-32-22/h2-9,14-15H,10-13,16-17H2,1H3,(H2,26,29). The molecule has 0 fully saturated rings. The fourth-order valence-electron chi connectivity index (χ4n) is 3.67. The number of carbonyl (C=O) groups is 2. The minimum Gasteiger partial charge on any atom is -0.497 e. The molecule has 1 aliphatic rings. The van der Waals surface area contributed by atoms with E-state index in [-0.39, 0.29) is 18.9 Å². The van der Waals surface area contributed by atoms with E-state index in [1.165, 1.54) is 0 Å². The molecule has 0 spiro atoms. The van der Waals surface area contributed by atoms with Gasteiger partial charge in [0, 0.05) is 35.3 Å². The number of carbonyl (C=O) groups excluding carboxylic acids is 2. The summed E-state index contributed by atoms with van der Waals surface area (Å²) in [6.45, 7) is 1.78. The van der Waals surface area contributed by atoms with E-state index in [2.05, 4.69) is 0 Å². The van der Waals surface area contributed by atoms with Crippen LogP contribution in [0.3, 0.4) is 0 Å². The van der Waals surface area contributed by atoms with E-state index in [0.29, 0.717) is 49.2 Å². The Kier molecular flexibility index (Phi) is 7.54. The SMILES string of the molecule is COc1ccc(N(CCC(N)=O)CC(=O)N(Cc2cccs2)c2ccc3c(c2)OCCO3)cc1. The van der Waals surface area contributed by atoms with Gasteiger partial charge >= 0.3 is 0 Å². The minimum absolute atomic E-state index is 0.0689. The van der Waals surface area contributed by atoms with Gasteiger partial charge in [0.2, 0.25) is 11.8 Å². The fourth-order valence-corrected chi connectivity index (χ4v) is 4.36. The summed E-state index contributed by atoms with van der Waals surface area (Å²) >= 11 is 1.59. The first-order valence-electron chi connectivity index (χ1n) is 10.9. The maximum absolute atomic E-state index is 13.7. The summed E-state index contributed by atoms with van der Waals surface area (Å²) in [4.78, 5) is 29.8. The number of ether oxygens (including phenoxy) is 3. The second-order valence-corrected chi connectivity index (χ2v) is 8.76. The van der Waals surface area contributed by atoms with Gasteiger partial charge in [-0.3, -0.25) is 9.59 Å². The molecular weight excluding hydrogens is 454 g/mol. The third kappa shape index (κ3) is 5.79. The van der Waals surface area contributed by atoms with E-state index >= 15 is 0 Å². The highest BCUT2D eigenvalue weighted by molar-refractivity contribution is 7.09. The molecule has 9 heteroatoms. The molecule has 4 rings (SSSR count). The first kappa shape index (κ1) is 23.4. The van der Waals surface area contributed by atoms with Crippen LogP contribution in [0.5, 0.6) is 17.2 Å². The number of hydrogen-bond acceptors (Lipinski definition) is 7. The molecule has 2 aromatic carbocycles. The third-order valence-corrected chi connectivity index (χ3v) is 6.29. The predicted molar refractivity (Wildman–Crippen MR) is 132 cm³/mol. The van der Waals surface area contributed by atoms with Crippen molar-refractivity contribution in [3.05, 3.63) is 64.9 Å². The number of nitrogens with two attached hydrogens (primary N) is 1. The van der Waals surface area contributed by atoms with Crippen molar-refractivity contribution in [3.8, 4) is 17.2 Å². The molecule has 1 aromatic heterocycles. The number of benzene rings is 2. The largest absolute Gasteiger partial charge is 0.497 e. The summed E-state index contributed by atoms with van der Waals surface area (Å²) in [7, 11) is 1.60. The molecular formula is C25H27N3O5S. The summed E-state index contributed by atoms with van der Waals surface area (Å²) in [6, 6.07) is 16.8. The molecule has 0 atom stereocenters. The molecule has 34 heavy (non-hydrogen) atoms. The zero-order valence-electron chi connectivity index (χ0n) is 18.9. The number of fused-ring (bicyclic) bond motifs is 1. The van der Waals surface area contributed by atoms with E-state index in [4.69, 9.17) is 19.9 Å². The van der Waals surface area contributed by atoms with Gasteiger partial charge in [-0.2, -0.15) is 0 Å². The molecule has 2 N–H and O–H groups in total. The molecule has 0 aliphatic carbocycles. The maximum atomic E-state index is 13.7. The van der Waals surface area contributed by atoms with E-state index in [1.807, 2.05) is 64.9 Å². The van der Waals surface area contributed by atoms with E-state index in [1.54, 1.807) is 23.3 Å². The first-order chi connectivity index (χ1) is 16.5. The van der Waals surface area contributed by atoms with Crippen molar-refractivity contribution in [1.29, 1.82) is 0 Å². The molecule has 0 unspecified atom stereocenters. The molecule has 2 heterocycles. The topological polar surface area (TPSA) is 94.3 Å². The van der Waals surface area contributed by atoms with E-state index in [9.17, 15) is 9.59 Å². The van der Waals surface area contributed by atoms with Crippen LogP contribution in [0, 0.1) is 0 Å². The maximum Gasteiger partial charge on any atom is 0.246 e. The van der Waals surface area contributed by atoms with Crippen LogP contribution < -0.4 is 29.7 Å². The first-order valence-corrected chi connectivity index (χ1v) is 11.8. The van der Waals surface area contributed by atoms with Crippen LogP contribution in [0.15, 0.2) is 60.0 Å². The Labute approximate surface area is 202 Å². The number of hydrogen-bond donors (Lipinski definition) is 1. The second kappa shape index (κ2) is 10.9. The fraction of sp³-hybridized carbons (Fsp3) is 0.280. The highest BCUT2D eigenvalue weighted by atomic mass is 32.1. The van der Waals surface area contributed by atoms with Crippen LogP contribution >= 0.6 is 11.3 Å². The molecule has 0 saturated heterocycles. The summed E-state index contributed by atoms with van der Waals surface area (Å²) in [6.07, 6.45) is 0.133. The quantitative estimate of drug-likeness (QED) is 0.477. The van der Waals surface area contributed by atoms with E-state index in [0.717, 1.165) is 10.6 Å². The average Bonchev–Trinajstić information content (AvgIpc) is 3.38. The van der Waals surface area contributed by atoms with Gasteiger partial charge in [0.1, 0.15) is 19.0 Å². The molecule has 2 amide bonds. The Balaban J connectivity index is 1.61. The van der Waals surface area contributed by atoms with Crippen LogP contribution in [-0.2, 0) is 16.1 Å². The van der Waals surface area contributed by atoms with Crippen LogP contribution in [0.2, 0.25) is 0 Å². The monoisotopic (exact) mass is 481 g/mol. The Morgan fingerprint density at radius 2 is 1.76 bits per heavy atom. The number of thiophene rings is 1. The van der Waals surface area contributed by atoms with E-state index < -0.39 is 5.91 Å². The lowest BCUT2D eigenvalue weighted by molar-refractivity contribution is -0.119. The van der Waals surface area contributed by atoms with Gasteiger partial charge in [0.15, 0.2) is 11.5 Å². The van der Waals surface area contributed by atoms with Gasteiger partial charge in [-0.05, 0) is 47.8 Å². The average molecular weight is 482 g/mol. The Morgan fingerprint density at radius 3 is 2.44 bits per heavy atom. The van der Waals surface area contributed by atoms with Crippen molar-refractivity contribution >= 4 is 34.5 Å². The van der Waals surface area contributed by atoms with Crippen molar-refractivity contribution in [2.45, 2.75) is 13.0 Å². The minimum atomic E-state index is -0.423. The Hall–Kier alpha value is -3.72. The number of methoxy groups -OCH3 is 1. The Bertz CT molecular complexity index is 1120. The van der Waals surface area contributed by atoms with Crippen molar-refractivity contribution in [2.24, 2.45) is 5.73 Å². The van der Waals surface area contributed by atoms with Gasteiger partial charge in [-0.25, -0.2) is 0 Å². The predicted octanol–water partition coefficient (Wildman–Crippen LogP) is 3.44. The van der Waals surface area contributed by atoms with Gasteiger partial charge in [-0.1, -0.05) is 6.07 Å². The van der Waals surface area contributed by atoms with Crippen LogP contribution in [0.4, 0.5) is 11.4 Å². The molecule has 3 aromatic rings. The summed E-state index contributed by atoms with van der Waals surface area (Å²) < 4.78 is 16.6. The second-order valence-electron chi connectivity index (χ2n) is 7.72. The number of primary amides is 1. The highest BCUT2D eigenvalue weighted by Crippen LogP contribution is 2.35. The summed E-state index contributed by atoms with van der Waals surface area (Å²) in [5.41, 5.74) is 6.91. The number of rotatable bonds is 10. The van der Waals surface area contributed by atoms with Crippen LogP contribution in [0.25, 0.3) is 0 Å². The number of anilines is 2. The van der Waals surface area contributed by atoms with Crippen molar-refractivity contribution in [1.82, 2.24) is 0 Å². The van der Waals surface area contributed by atoms with Crippen molar-refractivity contribution in [2.75, 3.05) is 43.2 Å². The Morgan fingerprint density at radius 1 is 1.03 bits per heavy atom. The summed E-state index contributed by atoms with van der Waals surface area (Å²) in [5, 5.41) is 1.98. The zero-order valence-corrected chi connectivity index (χ0v) is 19.8. The van der Waals surface area contributed by atoms with Crippen molar-refractivity contribution < 1.29 is 23.8 Å². The van der Waals surface area contributed by atoms with Crippen molar-refractivity contribution in [3.63, 3.8) is 0 Å².